The van der Waals surface area contributed by atoms with E-state index in [9.17, 15) is 0 Å². The molecule has 59 heavy (non-hydrogen) atoms. The predicted molar refractivity (Wildman–Crippen MR) is 244 cm³/mol. The van der Waals surface area contributed by atoms with Crippen LogP contribution in [0.15, 0.2) is 152 Å². The number of benzene rings is 7. The summed E-state index contributed by atoms with van der Waals surface area (Å²) in [6, 6.07) is 59.5. The van der Waals surface area contributed by atoms with E-state index in [2.05, 4.69) is 161 Å². The summed E-state index contributed by atoms with van der Waals surface area (Å²) >= 11 is 0. The fraction of sp³-hybridized carbons (Fsp3) is 0.250. The summed E-state index contributed by atoms with van der Waals surface area (Å²) in [5.74, 6) is 3.16. The summed E-state index contributed by atoms with van der Waals surface area (Å²) in [7, 11) is 0. The van der Waals surface area contributed by atoms with Gasteiger partial charge in [0.05, 0.1) is 0 Å². The molecule has 0 saturated heterocycles. The number of nitrogens with zero attached hydrogens (tertiary/aromatic N) is 2. The zero-order valence-corrected chi connectivity index (χ0v) is 33.4. The molecule has 282 valence electrons. The maximum absolute atomic E-state index is 2.75. The van der Waals surface area contributed by atoms with Crippen molar-refractivity contribution in [3.05, 3.63) is 174 Å². The lowest BCUT2D eigenvalue weighted by molar-refractivity contribution is 0.327. The highest BCUT2D eigenvalue weighted by molar-refractivity contribution is 7.00. The summed E-state index contributed by atoms with van der Waals surface area (Å²) in [6.07, 6.45) is 10.9. The first-order valence-electron chi connectivity index (χ1n) is 22.6. The second kappa shape index (κ2) is 11.1. The average Bonchev–Trinajstić information content (AvgIpc) is 4.17. The molecule has 0 N–H and O–H groups in total. The highest BCUT2D eigenvalue weighted by Crippen LogP contribution is 2.68. The number of hydrogen-bond donors (Lipinski definition) is 0. The normalized spacial score (nSPS) is 27.5. The van der Waals surface area contributed by atoms with E-state index in [0.29, 0.717) is 5.92 Å². The Kier molecular flexibility index (Phi) is 6.02. The van der Waals surface area contributed by atoms with Gasteiger partial charge in [0.25, 0.3) is 6.71 Å². The lowest BCUT2D eigenvalue weighted by Crippen LogP contribution is -2.61. The van der Waals surface area contributed by atoms with Gasteiger partial charge in [-0.15, -0.1) is 0 Å². The first kappa shape index (κ1) is 32.1. The Labute approximate surface area is 347 Å². The molecule has 4 saturated carbocycles. The summed E-state index contributed by atoms with van der Waals surface area (Å²) in [5, 5.41) is 0. The Morgan fingerprint density at radius 3 is 1.80 bits per heavy atom. The Hall–Kier alpha value is -5.80. The molecule has 15 rings (SSSR count). The standard InChI is InChI=1S/C56H45BN2/c1-2-11-38(12-3-1)58-49-18-9-8-17-47(49)57-48-28-27-46-52(41-14-5-7-16-44(41)56(46)33-35-22-24-37(56)30-35)54(48)59(51-20-10-19-50(58)53(51)57)39-25-26-45-42(31-39)40-13-4-6-15-43(40)55(45)32-34-21-23-36(55)29-34/h1-20,25-28,31,34-37H,21-24,29-30,32-33H2/t34-,35?,36?,37?,55-,56-/m1/s1. The molecule has 3 heteroatoms. The van der Waals surface area contributed by atoms with Gasteiger partial charge in [-0.25, -0.2) is 0 Å². The van der Waals surface area contributed by atoms with E-state index in [1.54, 1.807) is 22.3 Å². The first-order valence-corrected chi connectivity index (χ1v) is 22.6. The van der Waals surface area contributed by atoms with Gasteiger partial charge in [0, 0.05) is 50.5 Å². The third-order valence-corrected chi connectivity index (χ3v) is 17.4. The first-order chi connectivity index (χ1) is 29.2. The quantitative estimate of drug-likeness (QED) is 0.162. The molecular weight excluding hydrogens is 711 g/mol. The van der Waals surface area contributed by atoms with Crippen LogP contribution in [-0.4, -0.2) is 6.71 Å². The zero-order valence-electron chi connectivity index (χ0n) is 33.4. The molecule has 2 nitrogen and oxygen atoms in total. The van der Waals surface area contributed by atoms with E-state index < -0.39 is 0 Å². The third-order valence-electron chi connectivity index (χ3n) is 17.4. The Morgan fingerprint density at radius 2 is 1.05 bits per heavy atom. The van der Waals surface area contributed by atoms with E-state index >= 15 is 0 Å². The van der Waals surface area contributed by atoms with Crippen LogP contribution in [-0.2, 0) is 10.8 Å². The van der Waals surface area contributed by atoms with E-state index in [1.807, 2.05) is 0 Å². The van der Waals surface area contributed by atoms with Gasteiger partial charge in [-0.3, -0.25) is 0 Å². The van der Waals surface area contributed by atoms with Gasteiger partial charge in [0.2, 0.25) is 0 Å². The molecule has 6 atom stereocenters. The molecule has 2 spiro atoms. The van der Waals surface area contributed by atoms with Crippen LogP contribution in [0.5, 0.6) is 0 Å². The molecule has 0 aromatic heterocycles. The molecule has 4 bridgehead atoms. The molecule has 4 fully saturated rings. The zero-order chi connectivity index (χ0) is 38.2. The van der Waals surface area contributed by atoms with Gasteiger partial charge in [-0.05, 0) is 160 Å². The predicted octanol–water partition coefficient (Wildman–Crippen LogP) is 11.9. The fourth-order valence-electron chi connectivity index (χ4n) is 15.5. The van der Waals surface area contributed by atoms with E-state index in [4.69, 9.17) is 0 Å². The van der Waals surface area contributed by atoms with Crippen LogP contribution in [0, 0.1) is 23.7 Å². The van der Waals surface area contributed by atoms with E-state index in [-0.39, 0.29) is 17.5 Å². The van der Waals surface area contributed by atoms with Crippen molar-refractivity contribution >= 4 is 57.2 Å². The van der Waals surface area contributed by atoms with E-state index in [1.165, 1.54) is 124 Å². The number of hydrogen-bond acceptors (Lipinski definition) is 2. The van der Waals surface area contributed by atoms with Crippen molar-refractivity contribution in [3.8, 4) is 22.3 Å². The highest BCUT2D eigenvalue weighted by atomic mass is 15.2. The molecule has 7 aromatic carbocycles. The minimum Gasteiger partial charge on any atom is -0.311 e. The minimum atomic E-state index is 0.108. The molecule has 0 radical (unpaired) electrons. The fourth-order valence-corrected chi connectivity index (χ4v) is 15.5. The number of rotatable bonds is 2. The average molecular weight is 757 g/mol. The van der Waals surface area contributed by atoms with Gasteiger partial charge < -0.3 is 9.80 Å². The van der Waals surface area contributed by atoms with Crippen molar-refractivity contribution in [2.75, 3.05) is 9.80 Å². The van der Waals surface area contributed by atoms with Crippen LogP contribution in [0.3, 0.4) is 0 Å². The number of fused-ring (bicyclic) bond motifs is 21. The van der Waals surface area contributed by atoms with Crippen molar-refractivity contribution in [2.24, 2.45) is 23.7 Å². The van der Waals surface area contributed by atoms with Crippen LogP contribution >= 0.6 is 0 Å². The molecule has 2 aliphatic heterocycles. The summed E-state index contributed by atoms with van der Waals surface area (Å²) in [5.41, 5.74) is 24.6. The van der Waals surface area contributed by atoms with Crippen LogP contribution in [0.2, 0.25) is 0 Å². The smallest absolute Gasteiger partial charge is 0.252 e. The lowest BCUT2D eigenvalue weighted by Gasteiger charge is -2.45. The lowest BCUT2D eigenvalue weighted by atomic mass is 9.33. The second-order valence-electron chi connectivity index (χ2n) is 19.6. The Morgan fingerprint density at radius 1 is 0.441 bits per heavy atom. The highest BCUT2D eigenvalue weighted by Gasteiger charge is 2.59. The van der Waals surface area contributed by atoms with Crippen LogP contribution in [0.4, 0.5) is 34.1 Å². The third kappa shape index (κ3) is 3.75. The van der Waals surface area contributed by atoms with Gasteiger partial charge in [-0.1, -0.05) is 122 Å². The molecule has 6 aliphatic carbocycles. The molecule has 8 aliphatic rings. The van der Waals surface area contributed by atoms with E-state index in [0.717, 1.165) is 17.8 Å². The molecule has 3 unspecified atom stereocenters. The second-order valence-corrected chi connectivity index (χ2v) is 19.6. The Balaban J connectivity index is 1.04. The van der Waals surface area contributed by atoms with Gasteiger partial charge in [-0.2, -0.15) is 0 Å². The molecular formula is C56H45BN2. The Bertz CT molecular complexity index is 2990. The van der Waals surface area contributed by atoms with Gasteiger partial charge in [0.1, 0.15) is 0 Å². The van der Waals surface area contributed by atoms with Crippen LogP contribution in [0.25, 0.3) is 22.3 Å². The number of anilines is 6. The van der Waals surface area contributed by atoms with Crippen molar-refractivity contribution in [3.63, 3.8) is 0 Å². The van der Waals surface area contributed by atoms with Crippen molar-refractivity contribution in [2.45, 2.75) is 62.2 Å². The van der Waals surface area contributed by atoms with Crippen molar-refractivity contribution < 1.29 is 0 Å². The maximum Gasteiger partial charge on any atom is 0.252 e. The largest absolute Gasteiger partial charge is 0.311 e. The summed E-state index contributed by atoms with van der Waals surface area (Å²) < 4.78 is 0. The van der Waals surface area contributed by atoms with Crippen molar-refractivity contribution in [1.82, 2.24) is 0 Å². The summed E-state index contributed by atoms with van der Waals surface area (Å²) in [6.45, 7) is 0.116. The topological polar surface area (TPSA) is 6.48 Å². The monoisotopic (exact) mass is 756 g/mol. The SMILES string of the molecule is c1ccc(N2c3ccccc3B3c4ccc5c(c4N(c4ccc6c(c4)-c4ccccc4[C@]64C[C@@H]6CCC4C6)c4cccc2c43)-c2ccccc2[C@]52CC3CCC2C3)cc1. The molecule has 2 heterocycles. The van der Waals surface area contributed by atoms with Crippen molar-refractivity contribution in [1.29, 1.82) is 0 Å². The molecule has 0 amide bonds. The molecule has 7 aromatic rings. The summed E-state index contributed by atoms with van der Waals surface area (Å²) in [4.78, 5) is 5.27. The number of para-hydroxylation sites is 2. The minimum absolute atomic E-state index is 0.108. The maximum atomic E-state index is 2.75. The van der Waals surface area contributed by atoms with Gasteiger partial charge >= 0.3 is 0 Å². The van der Waals surface area contributed by atoms with Crippen LogP contribution in [0.1, 0.15) is 73.6 Å². The van der Waals surface area contributed by atoms with Gasteiger partial charge in [0.15, 0.2) is 0 Å². The van der Waals surface area contributed by atoms with Crippen LogP contribution < -0.4 is 26.2 Å².